The van der Waals surface area contributed by atoms with Crippen molar-refractivity contribution in [1.82, 2.24) is 0 Å². The zero-order valence-corrected chi connectivity index (χ0v) is 36.5. The Labute approximate surface area is 340 Å². The van der Waals surface area contributed by atoms with E-state index >= 15 is 0 Å². The van der Waals surface area contributed by atoms with Crippen molar-refractivity contribution in [2.75, 3.05) is 0 Å². The molecule has 57 heavy (non-hydrogen) atoms. The molecule has 0 bridgehead atoms. The maximum Gasteiger partial charge on any atom is 0.308 e. The lowest BCUT2D eigenvalue weighted by Crippen LogP contribution is -2.58. The molecule has 0 aliphatic carbocycles. The highest BCUT2D eigenvalue weighted by Crippen LogP contribution is 2.48. The SMILES string of the molecule is C[C@@H]1C[C@H](C)[C@@](O)(C[C@H]2O[C@@](O)(C[C@@H](O)[C@@H](C)C(=O)C(C)(O)[C@@H]3CC[C@@](C)([C@H]4CC[C@@](C)(O)[C@H](C)O4)O3)[C@H](C)C[C@@H]2C)O[C@H]1C[C@H]1CC[C@H](C)[C@@H]([C@@H](C)C(=O)O)O1. The van der Waals surface area contributed by atoms with E-state index in [1.54, 1.807) is 20.8 Å². The van der Waals surface area contributed by atoms with Crippen molar-refractivity contribution < 1.29 is 63.9 Å². The van der Waals surface area contributed by atoms with Gasteiger partial charge in [0.15, 0.2) is 17.4 Å². The van der Waals surface area contributed by atoms with Gasteiger partial charge in [-0.05, 0) is 104 Å². The molecule has 0 saturated carbocycles. The fourth-order valence-electron chi connectivity index (χ4n) is 10.6. The van der Waals surface area contributed by atoms with Crippen LogP contribution in [0.5, 0.6) is 0 Å². The first-order valence-corrected chi connectivity index (χ1v) is 21.9. The Morgan fingerprint density at radius 1 is 0.789 bits per heavy atom. The van der Waals surface area contributed by atoms with Crippen molar-refractivity contribution in [1.29, 1.82) is 0 Å². The molecule has 20 atom stereocenters. The highest BCUT2D eigenvalue weighted by atomic mass is 16.7. The molecule has 0 aromatic carbocycles. The van der Waals surface area contributed by atoms with Crippen LogP contribution >= 0.6 is 0 Å². The summed E-state index contributed by atoms with van der Waals surface area (Å²) < 4.78 is 32.0. The topological polar surface area (TPSA) is 202 Å². The quantitative estimate of drug-likeness (QED) is 0.143. The number of carboxylic acid groups (broad SMARTS) is 1. The molecular formula is C44H76O13. The lowest BCUT2D eigenvalue weighted by atomic mass is 9.74. The first-order valence-electron chi connectivity index (χ1n) is 21.9. The van der Waals surface area contributed by atoms with Gasteiger partial charge in [0.05, 0.1) is 66.0 Å². The van der Waals surface area contributed by atoms with E-state index in [0.717, 1.165) is 12.8 Å². The Kier molecular flexibility index (Phi) is 14.2. The number of rotatable bonds is 13. The maximum atomic E-state index is 13.9. The fourth-order valence-corrected chi connectivity index (χ4v) is 10.6. The van der Waals surface area contributed by atoms with Gasteiger partial charge in [0.2, 0.25) is 0 Å². The van der Waals surface area contributed by atoms with Crippen LogP contribution < -0.4 is 0 Å². The van der Waals surface area contributed by atoms with Crippen molar-refractivity contribution in [3.8, 4) is 0 Å². The van der Waals surface area contributed by atoms with Gasteiger partial charge in [-0.25, -0.2) is 0 Å². The molecule has 0 aromatic rings. The Morgan fingerprint density at radius 3 is 2.00 bits per heavy atom. The van der Waals surface area contributed by atoms with Crippen molar-refractivity contribution in [3.05, 3.63) is 0 Å². The predicted molar refractivity (Wildman–Crippen MR) is 211 cm³/mol. The number of aliphatic hydroxyl groups excluding tert-OH is 1. The molecule has 330 valence electrons. The van der Waals surface area contributed by atoms with Gasteiger partial charge in [0.25, 0.3) is 0 Å². The zero-order chi connectivity index (χ0) is 42.6. The number of carboxylic acids is 1. The first-order chi connectivity index (χ1) is 26.2. The normalized spacial score (nSPS) is 48.4. The van der Waals surface area contributed by atoms with Crippen LogP contribution in [0, 0.1) is 41.4 Å². The van der Waals surface area contributed by atoms with Gasteiger partial charge in [0, 0.05) is 37.0 Å². The first kappa shape index (κ1) is 46.8. The number of ketones is 1. The van der Waals surface area contributed by atoms with Gasteiger partial charge in [-0.1, -0.05) is 41.5 Å². The number of carbonyl (C=O) groups excluding carboxylic acids is 1. The van der Waals surface area contributed by atoms with Gasteiger partial charge < -0.3 is 54.3 Å². The van der Waals surface area contributed by atoms with Gasteiger partial charge in [-0.3, -0.25) is 9.59 Å². The minimum absolute atomic E-state index is 0.0626. The van der Waals surface area contributed by atoms with E-state index in [9.17, 15) is 40.2 Å². The molecule has 5 saturated heterocycles. The number of aliphatic hydroxyl groups is 5. The van der Waals surface area contributed by atoms with E-state index in [-0.39, 0.29) is 54.8 Å². The van der Waals surface area contributed by atoms with E-state index in [4.69, 9.17) is 23.7 Å². The third kappa shape index (κ3) is 9.79. The van der Waals surface area contributed by atoms with Crippen LogP contribution in [-0.2, 0) is 33.3 Å². The van der Waals surface area contributed by atoms with E-state index in [1.165, 1.54) is 6.92 Å². The Hall–Kier alpha value is -1.26. The van der Waals surface area contributed by atoms with Crippen LogP contribution in [0.3, 0.4) is 0 Å². The van der Waals surface area contributed by atoms with Crippen molar-refractivity contribution in [3.63, 3.8) is 0 Å². The average Bonchev–Trinajstić information content (AvgIpc) is 3.54. The third-order valence-corrected chi connectivity index (χ3v) is 15.5. The van der Waals surface area contributed by atoms with Crippen LogP contribution in [0.2, 0.25) is 0 Å². The predicted octanol–water partition coefficient (Wildman–Crippen LogP) is 5.13. The average molecular weight is 813 g/mol. The van der Waals surface area contributed by atoms with E-state index in [0.29, 0.717) is 44.9 Å². The van der Waals surface area contributed by atoms with Crippen LogP contribution in [0.15, 0.2) is 0 Å². The molecule has 0 radical (unpaired) electrons. The minimum Gasteiger partial charge on any atom is -0.481 e. The molecule has 0 spiro atoms. The molecule has 1 unspecified atom stereocenters. The number of hydrogen-bond donors (Lipinski definition) is 6. The van der Waals surface area contributed by atoms with E-state index < -0.39 is 88.4 Å². The molecule has 5 fully saturated rings. The van der Waals surface area contributed by atoms with Crippen molar-refractivity contribution >= 4 is 11.8 Å². The minimum atomic E-state index is -1.93. The van der Waals surface area contributed by atoms with Gasteiger partial charge in [0.1, 0.15) is 5.60 Å². The fraction of sp³-hybridized carbons (Fsp3) is 0.955. The van der Waals surface area contributed by atoms with Crippen LogP contribution in [0.4, 0.5) is 0 Å². The summed E-state index contributed by atoms with van der Waals surface area (Å²) >= 11 is 0. The van der Waals surface area contributed by atoms with E-state index in [2.05, 4.69) is 6.92 Å². The zero-order valence-electron chi connectivity index (χ0n) is 36.5. The largest absolute Gasteiger partial charge is 0.481 e. The molecule has 5 rings (SSSR count). The van der Waals surface area contributed by atoms with Crippen molar-refractivity contribution in [2.24, 2.45) is 41.4 Å². The van der Waals surface area contributed by atoms with Crippen molar-refractivity contribution in [2.45, 2.75) is 224 Å². The summed E-state index contributed by atoms with van der Waals surface area (Å²) in [5.74, 6) is -7.03. The lowest BCUT2D eigenvalue weighted by Gasteiger charge is -2.51. The van der Waals surface area contributed by atoms with Crippen LogP contribution in [0.25, 0.3) is 0 Å². The number of hydrogen-bond acceptors (Lipinski definition) is 12. The molecular weight excluding hydrogens is 736 g/mol. The standard InChI is InChI=1S/C44H76O13/c1-23-12-13-31(54-37(23)29(7)39(47)48)20-33-24(2)18-27(5)44(52,55-33)22-34-25(3)19-26(4)43(51,56-34)21-32(45)28(6)38(46)42(11,50)36-15-17-41(10,57-36)35-14-16-40(9,49)30(8)53-35/h23-37,45,49-52H,12-22H2,1-11H3,(H,47,48)/t23-,24+,25-,26+,27-,28+,29+,30-,31+,32+,33-,34+,35+,36-,37-,40+,41-,42?,43-,44+/m0/s1. The third-order valence-electron chi connectivity index (χ3n) is 15.5. The molecule has 6 N–H and O–H groups in total. The van der Waals surface area contributed by atoms with Gasteiger partial charge in [-0.2, -0.15) is 0 Å². The number of Topliss-reactive ketones (excluding diaryl/α,β-unsaturated/α-hetero) is 1. The summed E-state index contributed by atoms with van der Waals surface area (Å²) in [6.45, 7) is 20.1. The molecule has 5 aliphatic heterocycles. The summed E-state index contributed by atoms with van der Waals surface area (Å²) in [6.07, 6.45) is 0.833. The Morgan fingerprint density at radius 2 is 1.39 bits per heavy atom. The molecule has 13 heteroatoms. The van der Waals surface area contributed by atoms with Gasteiger partial charge >= 0.3 is 5.97 Å². The second-order valence-electron chi connectivity index (χ2n) is 20.3. The molecule has 5 aliphatic rings. The molecule has 0 amide bonds. The molecule has 13 nitrogen and oxygen atoms in total. The smallest absolute Gasteiger partial charge is 0.308 e. The second kappa shape index (κ2) is 17.2. The summed E-state index contributed by atoms with van der Waals surface area (Å²) in [6, 6.07) is 0. The summed E-state index contributed by atoms with van der Waals surface area (Å²) in [4.78, 5) is 25.7. The Balaban J connectivity index is 1.21. The second-order valence-corrected chi connectivity index (χ2v) is 20.3. The lowest BCUT2D eigenvalue weighted by molar-refractivity contribution is -0.344. The monoisotopic (exact) mass is 813 g/mol. The van der Waals surface area contributed by atoms with E-state index in [1.807, 2.05) is 41.5 Å². The van der Waals surface area contributed by atoms with Crippen LogP contribution in [-0.4, -0.2) is 120 Å². The number of aliphatic carboxylic acids is 1. The number of carbonyl (C=O) groups is 2. The summed E-state index contributed by atoms with van der Waals surface area (Å²) in [7, 11) is 0. The summed E-state index contributed by atoms with van der Waals surface area (Å²) in [5, 5.41) is 67.7. The highest BCUT2D eigenvalue weighted by Gasteiger charge is 2.56. The van der Waals surface area contributed by atoms with Crippen LogP contribution in [0.1, 0.15) is 147 Å². The molecule has 5 heterocycles. The highest BCUT2D eigenvalue weighted by molar-refractivity contribution is 5.89. The summed E-state index contributed by atoms with van der Waals surface area (Å²) in [5.41, 5.74) is -3.63. The number of ether oxygens (including phenoxy) is 5. The Bertz CT molecular complexity index is 1410. The maximum absolute atomic E-state index is 13.9. The van der Waals surface area contributed by atoms with Gasteiger partial charge in [-0.15, -0.1) is 0 Å². The molecule has 0 aromatic heterocycles.